The van der Waals surface area contributed by atoms with Gasteiger partial charge in [-0.25, -0.2) is 0 Å². The van der Waals surface area contributed by atoms with Crippen LogP contribution in [0.1, 0.15) is 5.56 Å². The van der Waals surface area contributed by atoms with E-state index in [-0.39, 0.29) is 11.7 Å². The molecule has 0 saturated heterocycles. The minimum atomic E-state index is -0.0775. The zero-order valence-corrected chi connectivity index (χ0v) is 16.2. The number of hydrogen-bond acceptors (Lipinski definition) is 6. The molecule has 0 saturated carbocycles. The van der Waals surface area contributed by atoms with E-state index < -0.39 is 0 Å². The van der Waals surface area contributed by atoms with Crippen LogP contribution in [0.3, 0.4) is 0 Å². The lowest BCUT2D eigenvalue weighted by Gasteiger charge is -2.07. The number of nitrogens with zero attached hydrogens (tertiary/aromatic N) is 4. The van der Waals surface area contributed by atoms with Crippen molar-refractivity contribution >= 4 is 29.3 Å². The highest BCUT2D eigenvalue weighted by molar-refractivity contribution is 7.99. The molecule has 0 aliphatic carbocycles. The summed E-state index contributed by atoms with van der Waals surface area (Å²) < 4.78 is 6.73. The Hall–Kier alpha value is -2.58. The second-order valence-corrected chi connectivity index (χ2v) is 6.97. The first kappa shape index (κ1) is 19.2. The van der Waals surface area contributed by atoms with Crippen molar-refractivity contribution in [1.82, 2.24) is 25.5 Å². The average Bonchev–Trinajstić information content (AvgIpc) is 3.15. The molecular formula is C18H18ClN5O2S. The predicted octanol–water partition coefficient (Wildman–Crippen LogP) is 2.78. The molecular weight excluding hydrogens is 386 g/mol. The Balaban J connectivity index is 1.50. The second-order valence-electron chi connectivity index (χ2n) is 5.59. The molecule has 1 amide bonds. The molecule has 0 atom stereocenters. The molecule has 9 heteroatoms. The number of hydrogen-bond donors (Lipinski definition) is 1. The number of thioether (sulfide) groups is 1. The molecule has 7 nitrogen and oxygen atoms in total. The van der Waals surface area contributed by atoms with Gasteiger partial charge in [0.15, 0.2) is 0 Å². The summed E-state index contributed by atoms with van der Waals surface area (Å²) in [7, 11) is 1.61. The molecule has 0 unspecified atom stereocenters. The number of halogens is 1. The number of ether oxygens (including phenoxy) is 1. The lowest BCUT2D eigenvalue weighted by atomic mass is 10.1. The smallest absolute Gasteiger partial charge is 0.230 e. The number of benzene rings is 2. The maximum absolute atomic E-state index is 12.1. The van der Waals surface area contributed by atoms with E-state index in [2.05, 4.69) is 20.8 Å². The Bertz CT molecular complexity index is 901. The molecule has 1 N–H and O–H groups in total. The van der Waals surface area contributed by atoms with Crippen LogP contribution < -0.4 is 10.1 Å². The van der Waals surface area contributed by atoms with Crippen molar-refractivity contribution in [2.24, 2.45) is 0 Å². The van der Waals surface area contributed by atoms with Gasteiger partial charge >= 0.3 is 0 Å². The molecule has 0 spiro atoms. The van der Waals surface area contributed by atoms with Crippen LogP contribution in [0, 0.1) is 0 Å². The van der Waals surface area contributed by atoms with Crippen molar-refractivity contribution in [2.75, 3.05) is 19.4 Å². The highest BCUT2D eigenvalue weighted by Gasteiger charge is 2.11. The molecule has 1 heterocycles. The maximum Gasteiger partial charge on any atom is 0.230 e. The molecule has 1 aromatic heterocycles. The van der Waals surface area contributed by atoms with E-state index in [9.17, 15) is 4.79 Å². The number of tetrazole rings is 1. The van der Waals surface area contributed by atoms with Crippen LogP contribution in [-0.2, 0) is 11.2 Å². The van der Waals surface area contributed by atoms with Crippen LogP contribution in [-0.4, -0.2) is 45.5 Å². The lowest BCUT2D eigenvalue weighted by Crippen LogP contribution is -2.27. The quantitative estimate of drug-likeness (QED) is 0.582. The first-order chi connectivity index (χ1) is 13.2. The minimum absolute atomic E-state index is 0.0775. The summed E-state index contributed by atoms with van der Waals surface area (Å²) in [6, 6.07) is 15.0. The summed E-state index contributed by atoms with van der Waals surface area (Å²) in [5.41, 5.74) is 1.88. The Morgan fingerprint density at radius 2 is 2.07 bits per heavy atom. The summed E-state index contributed by atoms with van der Waals surface area (Å²) in [5, 5.41) is 15.8. The van der Waals surface area contributed by atoms with E-state index in [4.69, 9.17) is 16.3 Å². The summed E-state index contributed by atoms with van der Waals surface area (Å²) in [5.74, 6) is 0.901. The normalized spacial score (nSPS) is 10.6. The van der Waals surface area contributed by atoms with Gasteiger partial charge in [0, 0.05) is 11.6 Å². The van der Waals surface area contributed by atoms with Gasteiger partial charge in [0.05, 0.1) is 18.6 Å². The summed E-state index contributed by atoms with van der Waals surface area (Å²) in [6.07, 6.45) is 0.723. The van der Waals surface area contributed by atoms with Gasteiger partial charge < -0.3 is 10.1 Å². The van der Waals surface area contributed by atoms with Gasteiger partial charge in [0.1, 0.15) is 5.75 Å². The van der Waals surface area contributed by atoms with Crippen molar-refractivity contribution in [1.29, 1.82) is 0 Å². The van der Waals surface area contributed by atoms with Crippen LogP contribution in [0.25, 0.3) is 5.69 Å². The molecule has 0 bridgehead atoms. The van der Waals surface area contributed by atoms with Crippen LogP contribution >= 0.6 is 23.4 Å². The van der Waals surface area contributed by atoms with Crippen LogP contribution in [0.5, 0.6) is 5.75 Å². The Morgan fingerprint density at radius 3 is 2.81 bits per heavy atom. The highest BCUT2D eigenvalue weighted by atomic mass is 35.5. The number of carbonyl (C=O) groups excluding carboxylic acids is 1. The van der Waals surface area contributed by atoms with Crippen LogP contribution in [0.15, 0.2) is 53.7 Å². The summed E-state index contributed by atoms with van der Waals surface area (Å²) in [4.78, 5) is 12.1. The fraction of sp³-hybridized carbons (Fsp3) is 0.222. The molecule has 0 aliphatic rings. The number of rotatable bonds is 8. The summed E-state index contributed by atoms with van der Waals surface area (Å²) in [6.45, 7) is 0.545. The number of methoxy groups -OCH3 is 1. The van der Waals surface area contributed by atoms with Crippen molar-refractivity contribution in [3.05, 3.63) is 59.1 Å². The molecule has 0 radical (unpaired) electrons. The van der Waals surface area contributed by atoms with Crippen LogP contribution in [0.4, 0.5) is 0 Å². The van der Waals surface area contributed by atoms with E-state index in [1.165, 1.54) is 11.8 Å². The van der Waals surface area contributed by atoms with Crippen molar-refractivity contribution in [3.8, 4) is 11.4 Å². The zero-order valence-electron chi connectivity index (χ0n) is 14.6. The SMILES string of the molecule is COc1ccc(-n2nnnc2SCC(=O)NCCc2cccc(Cl)c2)cc1. The zero-order chi connectivity index (χ0) is 19.1. The van der Waals surface area contributed by atoms with E-state index in [1.807, 2.05) is 48.5 Å². The van der Waals surface area contributed by atoms with Crippen molar-refractivity contribution < 1.29 is 9.53 Å². The third-order valence-corrected chi connectivity index (χ3v) is 4.87. The largest absolute Gasteiger partial charge is 0.497 e. The van der Waals surface area contributed by atoms with Crippen LogP contribution in [0.2, 0.25) is 5.02 Å². The predicted molar refractivity (Wildman–Crippen MR) is 105 cm³/mol. The molecule has 3 aromatic rings. The summed E-state index contributed by atoms with van der Waals surface area (Å²) >= 11 is 7.23. The monoisotopic (exact) mass is 403 g/mol. The molecule has 0 aliphatic heterocycles. The lowest BCUT2D eigenvalue weighted by molar-refractivity contribution is -0.118. The van der Waals surface area contributed by atoms with Gasteiger partial charge in [-0.2, -0.15) is 4.68 Å². The number of amides is 1. The average molecular weight is 404 g/mol. The first-order valence-electron chi connectivity index (χ1n) is 8.22. The maximum atomic E-state index is 12.1. The second kappa shape index (κ2) is 9.38. The van der Waals surface area contributed by atoms with Crippen molar-refractivity contribution in [3.63, 3.8) is 0 Å². The molecule has 140 valence electrons. The van der Waals surface area contributed by atoms with E-state index in [0.29, 0.717) is 16.7 Å². The fourth-order valence-electron chi connectivity index (χ4n) is 2.37. The number of nitrogens with one attached hydrogen (secondary N) is 1. The standard InChI is InChI=1S/C18H18ClN5O2S/c1-26-16-7-5-15(6-8-16)24-18(21-22-23-24)27-12-17(25)20-10-9-13-3-2-4-14(19)11-13/h2-8,11H,9-10,12H2,1H3,(H,20,25). The van der Waals surface area contributed by atoms with E-state index in [1.54, 1.807) is 11.8 Å². The van der Waals surface area contributed by atoms with Gasteiger partial charge in [0.2, 0.25) is 11.1 Å². The molecule has 2 aromatic carbocycles. The molecule has 0 fully saturated rings. The van der Waals surface area contributed by atoms with E-state index in [0.717, 1.165) is 23.4 Å². The van der Waals surface area contributed by atoms with Gasteiger partial charge in [-0.05, 0) is 58.8 Å². The fourth-order valence-corrected chi connectivity index (χ4v) is 3.31. The third kappa shape index (κ3) is 5.45. The number of carbonyl (C=O) groups is 1. The number of aromatic nitrogens is 4. The Labute approximate surface area is 166 Å². The molecule has 3 rings (SSSR count). The van der Waals surface area contributed by atoms with Crippen molar-refractivity contribution in [2.45, 2.75) is 11.6 Å². The topological polar surface area (TPSA) is 81.9 Å². The van der Waals surface area contributed by atoms with Gasteiger partial charge in [-0.1, -0.05) is 35.5 Å². The molecule has 27 heavy (non-hydrogen) atoms. The third-order valence-electron chi connectivity index (χ3n) is 3.72. The van der Waals surface area contributed by atoms with Gasteiger partial charge in [0.25, 0.3) is 0 Å². The van der Waals surface area contributed by atoms with Gasteiger partial charge in [-0.3, -0.25) is 4.79 Å². The van der Waals surface area contributed by atoms with E-state index >= 15 is 0 Å². The Kier molecular flexibility index (Phi) is 6.67. The van der Waals surface area contributed by atoms with Gasteiger partial charge in [-0.15, -0.1) is 5.10 Å². The first-order valence-corrected chi connectivity index (χ1v) is 9.59. The minimum Gasteiger partial charge on any atom is -0.497 e. The highest BCUT2D eigenvalue weighted by Crippen LogP contribution is 2.20. The Morgan fingerprint density at radius 1 is 1.26 bits per heavy atom.